The summed E-state index contributed by atoms with van der Waals surface area (Å²) in [5, 5.41) is 13.9. The largest absolute Gasteiger partial charge is 0.383 e. The first kappa shape index (κ1) is 15.5. The van der Waals surface area contributed by atoms with E-state index in [4.69, 9.17) is 4.74 Å². The molecule has 0 saturated carbocycles. The van der Waals surface area contributed by atoms with Crippen LogP contribution in [-0.4, -0.2) is 24.7 Å². The van der Waals surface area contributed by atoms with E-state index in [9.17, 15) is 14.5 Å². The summed E-state index contributed by atoms with van der Waals surface area (Å²) in [6.45, 7) is 3.01. The molecule has 6 heteroatoms. The second kappa shape index (κ2) is 7.81. The van der Waals surface area contributed by atoms with Crippen molar-refractivity contribution in [3.63, 3.8) is 0 Å². The minimum absolute atomic E-state index is 0.164. The van der Waals surface area contributed by atoms with Crippen LogP contribution in [0.4, 0.5) is 10.1 Å². The van der Waals surface area contributed by atoms with Crippen LogP contribution < -0.4 is 5.32 Å². The molecule has 0 saturated heterocycles. The number of methoxy groups -OCH3 is 1. The molecule has 0 aromatic heterocycles. The predicted octanol–water partition coefficient (Wildman–Crippen LogP) is 2.64. The lowest BCUT2D eigenvalue weighted by Crippen LogP contribution is -2.32. The third-order valence-electron chi connectivity index (χ3n) is 2.75. The van der Waals surface area contributed by atoms with Crippen molar-refractivity contribution in [2.75, 3.05) is 13.7 Å². The van der Waals surface area contributed by atoms with E-state index >= 15 is 0 Å². The summed E-state index contributed by atoms with van der Waals surface area (Å²) >= 11 is 0. The molecular formula is C13H19FN2O3. The highest BCUT2D eigenvalue weighted by molar-refractivity contribution is 5.35. The van der Waals surface area contributed by atoms with Gasteiger partial charge in [0.1, 0.15) is 5.82 Å². The Morgan fingerprint density at radius 2 is 2.21 bits per heavy atom. The predicted molar refractivity (Wildman–Crippen MR) is 70.5 cm³/mol. The zero-order valence-electron chi connectivity index (χ0n) is 11.2. The Hall–Kier alpha value is -1.53. The van der Waals surface area contributed by atoms with Crippen LogP contribution in [0.2, 0.25) is 0 Å². The Balaban J connectivity index is 2.67. The summed E-state index contributed by atoms with van der Waals surface area (Å²) in [7, 11) is 1.62. The van der Waals surface area contributed by atoms with E-state index in [2.05, 4.69) is 12.2 Å². The van der Waals surface area contributed by atoms with Crippen molar-refractivity contribution in [2.24, 2.45) is 0 Å². The van der Waals surface area contributed by atoms with E-state index < -0.39 is 10.7 Å². The molecule has 0 fully saturated rings. The molecular weight excluding hydrogens is 251 g/mol. The van der Waals surface area contributed by atoms with Gasteiger partial charge >= 0.3 is 0 Å². The summed E-state index contributed by atoms with van der Waals surface area (Å²) in [5.41, 5.74) is 0.333. The van der Waals surface area contributed by atoms with Gasteiger partial charge in [-0.2, -0.15) is 0 Å². The fourth-order valence-corrected chi connectivity index (χ4v) is 1.90. The molecule has 0 aliphatic rings. The number of hydrogen-bond donors (Lipinski definition) is 1. The molecule has 1 atom stereocenters. The molecule has 0 amide bonds. The van der Waals surface area contributed by atoms with Crippen LogP contribution in [0.15, 0.2) is 18.2 Å². The molecule has 1 aromatic carbocycles. The Bertz CT molecular complexity index is 420. The number of nitro benzene ring substituents is 1. The van der Waals surface area contributed by atoms with Crippen LogP contribution in [0.3, 0.4) is 0 Å². The number of non-ortho nitro benzene ring substituents is 1. The maximum atomic E-state index is 13.3. The number of nitrogens with zero attached hydrogens (tertiary/aromatic N) is 1. The van der Waals surface area contributed by atoms with Gasteiger partial charge in [0.25, 0.3) is 5.69 Å². The van der Waals surface area contributed by atoms with Gasteiger partial charge < -0.3 is 10.1 Å². The van der Waals surface area contributed by atoms with Crippen molar-refractivity contribution in [3.8, 4) is 0 Å². The van der Waals surface area contributed by atoms with Gasteiger partial charge in [-0.15, -0.1) is 0 Å². The van der Waals surface area contributed by atoms with Gasteiger partial charge in [0.2, 0.25) is 0 Å². The summed E-state index contributed by atoms with van der Waals surface area (Å²) in [5.74, 6) is -0.593. The van der Waals surface area contributed by atoms with Crippen molar-refractivity contribution in [1.29, 1.82) is 0 Å². The zero-order chi connectivity index (χ0) is 14.3. The summed E-state index contributed by atoms with van der Waals surface area (Å²) in [6.07, 6.45) is 1.94. The van der Waals surface area contributed by atoms with Gasteiger partial charge in [0.15, 0.2) is 0 Å². The highest BCUT2D eigenvalue weighted by atomic mass is 19.1. The quantitative estimate of drug-likeness (QED) is 0.582. The number of hydrogen-bond acceptors (Lipinski definition) is 4. The highest BCUT2D eigenvalue weighted by Gasteiger charge is 2.11. The standard InChI is InChI=1S/C13H19FN2O3/c1-3-4-12(9-19-2)15-8-10-5-11(14)7-13(6-10)16(17)18/h5-7,12,15H,3-4,8-9H2,1-2H3. The Kier molecular flexibility index (Phi) is 6.38. The van der Waals surface area contributed by atoms with E-state index in [0.29, 0.717) is 18.7 Å². The Morgan fingerprint density at radius 3 is 2.79 bits per heavy atom. The van der Waals surface area contributed by atoms with Crippen molar-refractivity contribution in [3.05, 3.63) is 39.7 Å². The van der Waals surface area contributed by atoms with Crippen LogP contribution in [0.1, 0.15) is 25.3 Å². The van der Waals surface area contributed by atoms with Crippen LogP contribution in [-0.2, 0) is 11.3 Å². The lowest BCUT2D eigenvalue weighted by Gasteiger charge is -2.17. The number of halogens is 1. The van der Waals surface area contributed by atoms with Gasteiger partial charge in [-0.25, -0.2) is 4.39 Å². The van der Waals surface area contributed by atoms with Gasteiger partial charge in [0, 0.05) is 25.8 Å². The van der Waals surface area contributed by atoms with Crippen molar-refractivity contribution in [1.82, 2.24) is 5.32 Å². The molecule has 0 heterocycles. The fourth-order valence-electron chi connectivity index (χ4n) is 1.90. The molecule has 0 spiro atoms. The molecule has 106 valence electrons. The van der Waals surface area contributed by atoms with E-state index in [1.165, 1.54) is 12.1 Å². The molecule has 1 aromatic rings. The first-order valence-electron chi connectivity index (χ1n) is 6.23. The van der Waals surface area contributed by atoms with Crippen LogP contribution in [0.25, 0.3) is 0 Å². The van der Waals surface area contributed by atoms with E-state index in [-0.39, 0.29) is 11.7 Å². The number of rotatable bonds is 8. The zero-order valence-corrected chi connectivity index (χ0v) is 11.2. The van der Waals surface area contributed by atoms with Gasteiger partial charge in [0.05, 0.1) is 17.6 Å². The normalized spacial score (nSPS) is 12.4. The van der Waals surface area contributed by atoms with Gasteiger partial charge in [-0.1, -0.05) is 13.3 Å². The second-order valence-corrected chi connectivity index (χ2v) is 4.40. The van der Waals surface area contributed by atoms with Crippen molar-refractivity contribution >= 4 is 5.69 Å². The monoisotopic (exact) mass is 270 g/mol. The summed E-state index contributed by atoms with van der Waals surface area (Å²) in [6, 6.07) is 3.77. The number of ether oxygens (including phenoxy) is 1. The maximum absolute atomic E-state index is 13.3. The first-order valence-corrected chi connectivity index (χ1v) is 6.23. The minimum atomic E-state index is -0.593. The Labute approximate surface area is 111 Å². The highest BCUT2D eigenvalue weighted by Crippen LogP contribution is 2.16. The number of nitro groups is 1. The van der Waals surface area contributed by atoms with Crippen LogP contribution in [0.5, 0.6) is 0 Å². The summed E-state index contributed by atoms with van der Waals surface area (Å²) < 4.78 is 18.3. The average Bonchev–Trinajstić information content (AvgIpc) is 2.36. The molecule has 0 bridgehead atoms. The van der Waals surface area contributed by atoms with E-state index in [1.807, 2.05) is 0 Å². The smallest absolute Gasteiger partial charge is 0.272 e. The molecule has 1 unspecified atom stereocenters. The molecule has 0 aliphatic heterocycles. The molecule has 19 heavy (non-hydrogen) atoms. The summed E-state index contributed by atoms with van der Waals surface area (Å²) in [4.78, 5) is 10.1. The molecule has 5 nitrogen and oxygen atoms in total. The number of nitrogens with one attached hydrogen (secondary N) is 1. The van der Waals surface area contributed by atoms with Crippen LogP contribution >= 0.6 is 0 Å². The van der Waals surface area contributed by atoms with Crippen molar-refractivity contribution in [2.45, 2.75) is 32.4 Å². The van der Waals surface area contributed by atoms with E-state index in [0.717, 1.165) is 18.9 Å². The molecule has 1 N–H and O–H groups in total. The fraction of sp³-hybridized carbons (Fsp3) is 0.538. The average molecular weight is 270 g/mol. The molecule has 1 rings (SSSR count). The Morgan fingerprint density at radius 1 is 1.47 bits per heavy atom. The first-order chi connectivity index (χ1) is 9.06. The molecule has 0 radical (unpaired) electrons. The van der Waals surface area contributed by atoms with E-state index in [1.54, 1.807) is 7.11 Å². The topological polar surface area (TPSA) is 64.4 Å². The van der Waals surface area contributed by atoms with Gasteiger partial charge in [-0.3, -0.25) is 10.1 Å². The van der Waals surface area contributed by atoms with Crippen LogP contribution in [0, 0.1) is 15.9 Å². The maximum Gasteiger partial charge on any atom is 0.272 e. The van der Waals surface area contributed by atoms with Crippen molar-refractivity contribution < 1.29 is 14.1 Å². The lowest BCUT2D eigenvalue weighted by molar-refractivity contribution is -0.385. The SMILES string of the molecule is CCCC(COC)NCc1cc(F)cc([N+](=O)[O-])c1. The minimum Gasteiger partial charge on any atom is -0.383 e. The van der Waals surface area contributed by atoms with Gasteiger partial charge in [-0.05, 0) is 18.1 Å². The third-order valence-corrected chi connectivity index (χ3v) is 2.75. The second-order valence-electron chi connectivity index (χ2n) is 4.40. The molecule has 0 aliphatic carbocycles. The number of benzene rings is 1. The lowest BCUT2D eigenvalue weighted by atomic mass is 10.1. The third kappa shape index (κ3) is 5.32.